The molecule has 2 aliphatic rings. The zero-order chi connectivity index (χ0) is 17.9. The van der Waals surface area contributed by atoms with Gasteiger partial charge in [-0.3, -0.25) is 0 Å². The Bertz CT molecular complexity index is 695. The number of hydrogen-bond donors (Lipinski definition) is 1. The Morgan fingerprint density at radius 2 is 1.96 bits per heavy atom. The van der Waals surface area contributed by atoms with Gasteiger partial charge in [0.15, 0.2) is 11.8 Å². The second-order valence-corrected chi connectivity index (χ2v) is 5.99. The maximum absolute atomic E-state index is 13.0. The Morgan fingerprint density at radius 1 is 1.29 bits per heavy atom. The first-order valence-corrected chi connectivity index (χ1v) is 7.02. The van der Waals surface area contributed by atoms with E-state index in [1.807, 2.05) is 0 Å². The van der Waals surface area contributed by atoms with Crippen LogP contribution in [0.3, 0.4) is 0 Å². The maximum atomic E-state index is 13.0. The van der Waals surface area contributed by atoms with Crippen LogP contribution in [-0.2, 0) is 6.18 Å². The van der Waals surface area contributed by atoms with Crippen LogP contribution in [0.2, 0.25) is 0 Å². The third-order valence-electron chi connectivity index (χ3n) is 4.48. The van der Waals surface area contributed by atoms with Gasteiger partial charge in [-0.1, -0.05) is 0 Å². The number of nitriles is 1. The van der Waals surface area contributed by atoms with Gasteiger partial charge < -0.3 is 10.0 Å². The summed E-state index contributed by atoms with van der Waals surface area (Å²) in [5.41, 5.74) is -2.33. The third kappa shape index (κ3) is 2.77. The maximum Gasteiger partial charge on any atom is 0.419 e. The SMILES string of the molecule is N#Cc1ncc(N2C[C@@H]3CC3[C@@H]2[C@@H](O)C(F)(F)F)cc1C(F)(F)F. The van der Waals surface area contributed by atoms with Gasteiger partial charge in [0, 0.05) is 6.54 Å². The molecule has 130 valence electrons. The lowest BCUT2D eigenvalue weighted by atomic mass is 10.0. The summed E-state index contributed by atoms with van der Waals surface area (Å²) in [4.78, 5) is 4.53. The highest BCUT2D eigenvalue weighted by Gasteiger charge is 2.60. The van der Waals surface area contributed by atoms with Crippen molar-refractivity contribution in [3.63, 3.8) is 0 Å². The smallest absolute Gasteiger partial charge is 0.382 e. The average Bonchev–Trinajstić information content (AvgIpc) is 3.15. The zero-order valence-corrected chi connectivity index (χ0v) is 11.9. The van der Waals surface area contributed by atoms with E-state index in [1.54, 1.807) is 0 Å². The first-order chi connectivity index (χ1) is 11.0. The van der Waals surface area contributed by atoms with Crippen molar-refractivity contribution in [2.45, 2.75) is 30.9 Å². The minimum Gasteiger partial charge on any atom is -0.382 e. The van der Waals surface area contributed by atoms with Crippen molar-refractivity contribution in [3.05, 3.63) is 23.5 Å². The predicted molar refractivity (Wildman–Crippen MR) is 68.7 cm³/mol. The van der Waals surface area contributed by atoms with Gasteiger partial charge in [-0.2, -0.15) is 31.6 Å². The fourth-order valence-corrected chi connectivity index (χ4v) is 3.30. The van der Waals surface area contributed by atoms with E-state index in [2.05, 4.69) is 4.98 Å². The normalized spacial score (nSPS) is 27.6. The molecule has 0 bridgehead atoms. The molecule has 1 aromatic rings. The Morgan fingerprint density at radius 3 is 2.50 bits per heavy atom. The van der Waals surface area contributed by atoms with Crippen molar-refractivity contribution >= 4 is 5.69 Å². The van der Waals surface area contributed by atoms with Crippen molar-refractivity contribution in [1.82, 2.24) is 4.98 Å². The van der Waals surface area contributed by atoms with Gasteiger partial charge in [0.2, 0.25) is 0 Å². The molecule has 1 aliphatic heterocycles. The summed E-state index contributed by atoms with van der Waals surface area (Å²) >= 11 is 0. The molecule has 0 radical (unpaired) electrons. The molecule has 4 nitrogen and oxygen atoms in total. The molecule has 1 unspecified atom stereocenters. The second kappa shape index (κ2) is 5.24. The molecule has 0 aromatic carbocycles. The van der Waals surface area contributed by atoms with Crippen LogP contribution in [-0.4, -0.2) is 35.0 Å². The molecular formula is C14H11F6N3O. The van der Waals surface area contributed by atoms with E-state index in [-0.39, 0.29) is 18.2 Å². The molecule has 2 heterocycles. The standard InChI is InChI=1S/C14H11F6N3O/c15-13(16,17)9-2-7(4-22-10(9)3-21)23-5-6-1-8(6)11(23)12(24)14(18,19)20/h2,4,6,8,11-12,24H,1,5H2/t6-,8?,11+,12+/m0/s1. The van der Waals surface area contributed by atoms with Crippen LogP contribution in [0.25, 0.3) is 0 Å². The van der Waals surface area contributed by atoms with Gasteiger partial charge in [0.1, 0.15) is 6.07 Å². The van der Waals surface area contributed by atoms with E-state index in [0.717, 1.165) is 11.1 Å². The number of rotatable bonds is 2. The van der Waals surface area contributed by atoms with Crippen LogP contribution < -0.4 is 4.90 Å². The highest BCUT2D eigenvalue weighted by atomic mass is 19.4. The minimum absolute atomic E-state index is 0.0861. The summed E-state index contributed by atoms with van der Waals surface area (Å²) in [5.74, 6) is -0.497. The fraction of sp³-hybridized carbons (Fsp3) is 0.571. The molecule has 0 spiro atoms. The number of pyridine rings is 1. The van der Waals surface area contributed by atoms with Crippen molar-refractivity contribution in [2.75, 3.05) is 11.4 Å². The molecule has 0 amide bonds. The summed E-state index contributed by atoms with van der Waals surface area (Å²) in [6, 6.07) is 0.592. The number of hydrogen-bond acceptors (Lipinski definition) is 4. The number of aliphatic hydroxyl groups excluding tert-OH is 1. The summed E-state index contributed by atoms with van der Waals surface area (Å²) < 4.78 is 77.5. The van der Waals surface area contributed by atoms with Gasteiger partial charge in [-0.05, 0) is 24.3 Å². The van der Waals surface area contributed by atoms with E-state index in [1.165, 1.54) is 6.07 Å². The molecule has 3 rings (SSSR count). The van der Waals surface area contributed by atoms with Crippen LogP contribution in [0.4, 0.5) is 32.0 Å². The number of halogens is 6. The Labute approximate surface area is 132 Å². The van der Waals surface area contributed by atoms with Crippen LogP contribution in [0.15, 0.2) is 12.3 Å². The molecule has 1 saturated carbocycles. The second-order valence-electron chi connectivity index (χ2n) is 5.99. The van der Waals surface area contributed by atoms with E-state index in [9.17, 15) is 31.4 Å². The van der Waals surface area contributed by atoms with E-state index in [4.69, 9.17) is 5.26 Å². The number of anilines is 1. The number of nitrogens with zero attached hydrogens (tertiary/aromatic N) is 3. The molecule has 2 fully saturated rings. The Hall–Kier alpha value is -2.02. The predicted octanol–water partition coefficient (Wildman–Crippen LogP) is 2.72. The van der Waals surface area contributed by atoms with Crippen molar-refractivity contribution < 1.29 is 31.4 Å². The lowest BCUT2D eigenvalue weighted by Gasteiger charge is -2.33. The van der Waals surface area contributed by atoms with Crippen LogP contribution in [0, 0.1) is 23.2 Å². The van der Waals surface area contributed by atoms with Crippen molar-refractivity contribution in [1.29, 1.82) is 5.26 Å². The van der Waals surface area contributed by atoms with Gasteiger partial charge >= 0.3 is 12.4 Å². The first kappa shape index (κ1) is 16.8. The van der Waals surface area contributed by atoms with E-state index >= 15 is 0 Å². The highest BCUT2D eigenvalue weighted by Crippen LogP contribution is 2.53. The number of aliphatic hydroxyl groups is 1. The summed E-state index contributed by atoms with van der Waals surface area (Å²) in [5, 5.41) is 18.3. The molecule has 1 aromatic heterocycles. The van der Waals surface area contributed by atoms with Crippen molar-refractivity contribution in [3.8, 4) is 6.07 Å². The van der Waals surface area contributed by atoms with E-state index in [0.29, 0.717) is 12.5 Å². The highest BCUT2D eigenvalue weighted by molar-refractivity contribution is 5.54. The Balaban J connectivity index is 1.98. The van der Waals surface area contributed by atoms with E-state index < -0.39 is 41.7 Å². The molecule has 24 heavy (non-hydrogen) atoms. The van der Waals surface area contributed by atoms with Crippen LogP contribution in [0.1, 0.15) is 17.7 Å². The van der Waals surface area contributed by atoms with Crippen LogP contribution in [0.5, 0.6) is 0 Å². The summed E-state index contributed by atoms with van der Waals surface area (Å²) in [6.45, 7) is 0.118. The van der Waals surface area contributed by atoms with Crippen molar-refractivity contribution in [2.24, 2.45) is 11.8 Å². The van der Waals surface area contributed by atoms with Gasteiger partial charge in [0.05, 0.1) is 23.5 Å². The fourth-order valence-electron chi connectivity index (χ4n) is 3.30. The lowest BCUT2D eigenvalue weighted by Crippen LogP contribution is -2.49. The number of alkyl halides is 6. The number of fused-ring (bicyclic) bond motifs is 1. The van der Waals surface area contributed by atoms with Gasteiger partial charge in [-0.15, -0.1) is 0 Å². The minimum atomic E-state index is -4.87. The number of piperidine rings is 1. The monoisotopic (exact) mass is 351 g/mol. The molecule has 1 saturated heterocycles. The molecule has 4 atom stereocenters. The molecular weight excluding hydrogens is 340 g/mol. The summed E-state index contributed by atoms with van der Waals surface area (Å²) in [6.07, 6.45) is -10.9. The molecule has 1 N–H and O–H groups in total. The topological polar surface area (TPSA) is 60.2 Å². The quantitative estimate of drug-likeness (QED) is 0.833. The largest absolute Gasteiger partial charge is 0.419 e. The average molecular weight is 351 g/mol. The third-order valence-corrected chi connectivity index (χ3v) is 4.48. The number of aromatic nitrogens is 1. The van der Waals surface area contributed by atoms with Crippen LogP contribution >= 0.6 is 0 Å². The zero-order valence-electron chi connectivity index (χ0n) is 11.9. The van der Waals surface area contributed by atoms with Gasteiger partial charge in [-0.25, -0.2) is 4.98 Å². The molecule has 1 aliphatic carbocycles. The Kier molecular flexibility index (Phi) is 3.67. The summed E-state index contributed by atoms with van der Waals surface area (Å²) in [7, 11) is 0. The molecule has 10 heteroatoms. The first-order valence-electron chi connectivity index (χ1n) is 7.02. The van der Waals surface area contributed by atoms with Gasteiger partial charge in [0.25, 0.3) is 0 Å². The lowest BCUT2D eigenvalue weighted by molar-refractivity contribution is -0.210.